The molecule has 6 heteroatoms. The van der Waals surface area contributed by atoms with Crippen LogP contribution in [0.4, 0.5) is 0 Å². The quantitative estimate of drug-likeness (QED) is 0.831. The third kappa shape index (κ3) is 4.00. The Morgan fingerprint density at radius 1 is 1.12 bits per heavy atom. The van der Waals surface area contributed by atoms with Gasteiger partial charge in [-0.3, -0.25) is 9.48 Å². The van der Waals surface area contributed by atoms with E-state index in [1.54, 1.807) is 4.68 Å². The zero-order chi connectivity index (χ0) is 17.1. The van der Waals surface area contributed by atoms with E-state index in [-0.39, 0.29) is 5.56 Å². The van der Waals surface area contributed by atoms with Gasteiger partial charge in [0.2, 0.25) is 0 Å². The number of likely N-dealkylation sites (tertiary alicyclic amines) is 1. The van der Waals surface area contributed by atoms with Crippen molar-refractivity contribution in [3.8, 4) is 0 Å². The van der Waals surface area contributed by atoms with Gasteiger partial charge < -0.3 is 4.90 Å². The van der Waals surface area contributed by atoms with Crippen molar-refractivity contribution >= 4 is 0 Å². The summed E-state index contributed by atoms with van der Waals surface area (Å²) in [6.07, 6.45) is 10.6. The van der Waals surface area contributed by atoms with Gasteiger partial charge in [0.05, 0.1) is 12.2 Å². The van der Waals surface area contributed by atoms with E-state index in [2.05, 4.69) is 15.1 Å². The highest BCUT2D eigenvalue weighted by Crippen LogP contribution is 2.20. The molecule has 1 aliphatic carbocycles. The van der Waals surface area contributed by atoms with E-state index in [0.717, 1.165) is 64.1 Å². The van der Waals surface area contributed by atoms with E-state index in [1.807, 2.05) is 29.2 Å². The Kier molecular flexibility index (Phi) is 4.97. The van der Waals surface area contributed by atoms with Crippen molar-refractivity contribution in [3.63, 3.8) is 0 Å². The predicted molar refractivity (Wildman–Crippen MR) is 96.5 cm³/mol. The number of aryl methyl sites for hydroxylation is 2. The molecule has 2 aromatic heterocycles. The fourth-order valence-electron chi connectivity index (χ4n) is 4.05. The van der Waals surface area contributed by atoms with Gasteiger partial charge >= 0.3 is 0 Å². The van der Waals surface area contributed by atoms with Crippen LogP contribution in [0.2, 0.25) is 0 Å². The van der Waals surface area contributed by atoms with Gasteiger partial charge in [0.15, 0.2) is 0 Å². The lowest BCUT2D eigenvalue weighted by atomic mass is 9.96. The van der Waals surface area contributed by atoms with Gasteiger partial charge in [-0.15, -0.1) is 0 Å². The average Bonchev–Trinajstić information content (AvgIpc) is 3.15. The van der Waals surface area contributed by atoms with Crippen molar-refractivity contribution in [2.75, 3.05) is 19.6 Å². The van der Waals surface area contributed by atoms with E-state index in [1.165, 1.54) is 18.4 Å². The maximum atomic E-state index is 12.3. The normalized spacial score (nSPS) is 19.0. The van der Waals surface area contributed by atoms with Crippen molar-refractivity contribution in [2.45, 2.75) is 51.6 Å². The number of rotatable bonds is 5. The second kappa shape index (κ2) is 7.52. The second-order valence-corrected chi connectivity index (χ2v) is 7.40. The summed E-state index contributed by atoms with van der Waals surface area (Å²) in [7, 11) is 0. The lowest BCUT2D eigenvalue weighted by Crippen LogP contribution is -2.38. The summed E-state index contributed by atoms with van der Waals surface area (Å²) in [5, 5.41) is 8.93. The molecule has 0 N–H and O–H groups in total. The third-order valence-corrected chi connectivity index (χ3v) is 5.62. The molecule has 134 valence electrons. The Bertz CT molecular complexity index is 744. The van der Waals surface area contributed by atoms with E-state index in [0.29, 0.717) is 5.92 Å². The zero-order valence-electron chi connectivity index (χ0n) is 14.8. The van der Waals surface area contributed by atoms with Crippen LogP contribution in [0, 0.1) is 5.92 Å². The van der Waals surface area contributed by atoms with Gasteiger partial charge in [-0.25, -0.2) is 4.68 Å². The molecule has 1 aliphatic heterocycles. The van der Waals surface area contributed by atoms with Crippen LogP contribution in [-0.4, -0.2) is 44.1 Å². The van der Waals surface area contributed by atoms with Gasteiger partial charge in [0.25, 0.3) is 5.56 Å². The highest BCUT2D eigenvalue weighted by atomic mass is 16.1. The SMILES string of the molecule is O=c1cc2c(nn1CC1CCN(CCn3cccn3)CC1)CCCC2. The summed E-state index contributed by atoms with van der Waals surface area (Å²) in [6.45, 7) is 4.98. The first-order chi connectivity index (χ1) is 12.3. The van der Waals surface area contributed by atoms with E-state index in [4.69, 9.17) is 0 Å². The molecule has 6 nitrogen and oxygen atoms in total. The molecule has 2 aromatic rings. The van der Waals surface area contributed by atoms with Crippen molar-refractivity contribution in [2.24, 2.45) is 5.92 Å². The average molecular weight is 341 g/mol. The minimum atomic E-state index is 0.0850. The Hall–Kier alpha value is -1.95. The van der Waals surface area contributed by atoms with Crippen molar-refractivity contribution in [3.05, 3.63) is 46.1 Å². The van der Waals surface area contributed by atoms with Crippen LogP contribution >= 0.6 is 0 Å². The first-order valence-electron chi connectivity index (χ1n) is 9.57. The second-order valence-electron chi connectivity index (χ2n) is 7.40. The number of hydrogen-bond donors (Lipinski definition) is 0. The number of hydrogen-bond acceptors (Lipinski definition) is 4. The van der Waals surface area contributed by atoms with Crippen molar-refractivity contribution in [1.29, 1.82) is 0 Å². The van der Waals surface area contributed by atoms with Gasteiger partial charge in [-0.1, -0.05) is 0 Å². The number of piperidine rings is 1. The Labute approximate surface area is 148 Å². The molecule has 0 saturated carbocycles. The molecule has 4 rings (SSSR count). The Morgan fingerprint density at radius 2 is 1.96 bits per heavy atom. The lowest BCUT2D eigenvalue weighted by Gasteiger charge is -2.32. The van der Waals surface area contributed by atoms with Crippen LogP contribution in [0.3, 0.4) is 0 Å². The van der Waals surface area contributed by atoms with E-state index < -0.39 is 0 Å². The summed E-state index contributed by atoms with van der Waals surface area (Å²) in [5.74, 6) is 0.563. The Balaban J connectivity index is 1.30. The number of aromatic nitrogens is 4. The molecule has 0 aromatic carbocycles. The molecular weight excluding hydrogens is 314 g/mol. The molecular formula is C19H27N5O. The smallest absolute Gasteiger partial charge is 0.267 e. The van der Waals surface area contributed by atoms with Crippen LogP contribution in [0.5, 0.6) is 0 Å². The fraction of sp³-hybridized carbons (Fsp3) is 0.632. The molecule has 0 radical (unpaired) electrons. The number of nitrogens with zero attached hydrogens (tertiary/aromatic N) is 5. The van der Waals surface area contributed by atoms with Gasteiger partial charge in [0.1, 0.15) is 0 Å². The van der Waals surface area contributed by atoms with E-state index >= 15 is 0 Å². The molecule has 0 spiro atoms. The van der Waals surface area contributed by atoms with Gasteiger partial charge in [-0.2, -0.15) is 10.2 Å². The molecule has 1 fully saturated rings. The van der Waals surface area contributed by atoms with Crippen molar-refractivity contribution < 1.29 is 0 Å². The molecule has 0 bridgehead atoms. The van der Waals surface area contributed by atoms with Gasteiger partial charge in [0, 0.05) is 31.5 Å². The molecule has 0 unspecified atom stereocenters. The summed E-state index contributed by atoms with van der Waals surface area (Å²) < 4.78 is 3.72. The molecule has 1 saturated heterocycles. The summed E-state index contributed by atoms with van der Waals surface area (Å²) in [5.41, 5.74) is 2.42. The van der Waals surface area contributed by atoms with Crippen LogP contribution in [0.1, 0.15) is 36.9 Å². The molecule has 0 amide bonds. The minimum absolute atomic E-state index is 0.0850. The monoisotopic (exact) mass is 341 g/mol. The molecule has 3 heterocycles. The van der Waals surface area contributed by atoms with Crippen molar-refractivity contribution in [1.82, 2.24) is 24.5 Å². The highest BCUT2D eigenvalue weighted by Gasteiger charge is 2.21. The maximum Gasteiger partial charge on any atom is 0.267 e. The first kappa shape index (κ1) is 16.5. The largest absolute Gasteiger partial charge is 0.301 e. The minimum Gasteiger partial charge on any atom is -0.301 e. The molecule has 25 heavy (non-hydrogen) atoms. The summed E-state index contributed by atoms with van der Waals surface area (Å²) in [6, 6.07) is 3.80. The van der Waals surface area contributed by atoms with Crippen LogP contribution in [0.25, 0.3) is 0 Å². The van der Waals surface area contributed by atoms with Crippen LogP contribution < -0.4 is 5.56 Å². The topological polar surface area (TPSA) is 56.0 Å². The predicted octanol–water partition coefficient (Wildman–Crippen LogP) is 1.73. The number of fused-ring (bicyclic) bond motifs is 1. The van der Waals surface area contributed by atoms with Crippen LogP contribution in [-0.2, 0) is 25.9 Å². The fourth-order valence-corrected chi connectivity index (χ4v) is 4.05. The lowest BCUT2D eigenvalue weighted by molar-refractivity contribution is 0.163. The highest BCUT2D eigenvalue weighted by molar-refractivity contribution is 5.20. The summed E-state index contributed by atoms with van der Waals surface area (Å²) >= 11 is 0. The first-order valence-corrected chi connectivity index (χ1v) is 9.57. The standard InChI is InChI=1S/C19H27N5O/c25-19-14-17-4-1-2-5-18(17)21-24(19)15-16-6-10-22(11-7-16)12-13-23-9-3-8-20-23/h3,8-9,14,16H,1-2,4-7,10-13,15H2. The molecule has 2 aliphatic rings. The third-order valence-electron chi connectivity index (χ3n) is 5.62. The van der Waals surface area contributed by atoms with E-state index in [9.17, 15) is 4.79 Å². The maximum absolute atomic E-state index is 12.3. The summed E-state index contributed by atoms with van der Waals surface area (Å²) in [4.78, 5) is 14.8. The molecule has 0 atom stereocenters. The van der Waals surface area contributed by atoms with Gasteiger partial charge in [-0.05, 0) is 69.2 Å². The van der Waals surface area contributed by atoms with Crippen LogP contribution in [0.15, 0.2) is 29.3 Å². The zero-order valence-corrected chi connectivity index (χ0v) is 14.8. The Morgan fingerprint density at radius 3 is 2.76 bits per heavy atom.